The molecule has 60 valence electrons. The quantitative estimate of drug-likeness (QED) is 0.648. The molecular weight excluding hydrogens is 139 g/mol. The fourth-order valence-electron chi connectivity index (χ4n) is 0.675. The minimum Gasteiger partial charge on any atom is -0.479 e. The SMILES string of the molecule is COC(C(=O)O)C(C)(C)F. The zero-order valence-electron chi connectivity index (χ0n) is 6.22. The lowest BCUT2D eigenvalue weighted by atomic mass is 10.0. The van der Waals surface area contributed by atoms with Gasteiger partial charge in [-0.1, -0.05) is 0 Å². The molecule has 0 rings (SSSR count). The number of rotatable bonds is 3. The highest BCUT2D eigenvalue weighted by Crippen LogP contribution is 2.16. The van der Waals surface area contributed by atoms with E-state index in [9.17, 15) is 9.18 Å². The molecular formula is C6H11FO3. The molecule has 0 saturated carbocycles. The third kappa shape index (κ3) is 2.31. The number of aliphatic carboxylic acids is 1. The van der Waals surface area contributed by atoms with Crippen molar-refractivity contribution in [3.63, 3.8) is 0 Å². The van der Waals surface area contributed by atoms with Gasteiger partial charge in [-0.2, -0.15) is 0 Å². The monoisotopic (exact) mass is 150 g/mol. The van der Waals surface area contributed by atoms with Gasteiger partial charge >= 0.3 is 5.97 Å². The Hall–Kier alpha value is -0.640. The second-order valence-corrected chi connectivity index (χ2v) is 2.52. The van der Waals surface area contributed by atoms with Crippen molar-refractivity contribution in [2.24, 2.45) is 0 Å². The third-order valence-electron chi connectivity index (χ3n) is 1.08. The van der Waals surface area contributed by atoms with E-state index in [0.29, 0.717) is 0 Å². The van der Waals surface area contributed by atoms with Gasteiger partial charge in [-0.3, -0.25) is 0 Å². The summed E-state index contributed by atoms with van der Waals surface area (Å²) in [5, 5.41) is 8.34. The lowest BCUT2D eigenvalue weighted by Crippen LogP contribution is -2.40. The van der Waals surface area contributed by atoms with Gasteiger partial charge in [-0.25, -0.2) is 9.18 Å². The largest absolute Gasteiger partial charge is 0.479 e. The average Bonchev–Trinajstić information content (AvgIpc) is 1.60. The van der Waals surface area contributed by atoms with Gasteiger partial charge in [0.1, 0.15) is 5.67 Å². The molecule has 4 heteroatoms. The molecule has 0 fully saturated rings. The highest BCUT2D eigenvalue weighted by Gasteiger charge is 2.35. The first kappa shape index (κ1) is 9.36. The summed E-state index contributed by atoms with van der Waals surface area (Å²) in [6.07, 6.45) is -1.38. The van der Waals surface area contributed by atoms with Crippen molar-refractivity contribution >= 4 is 5.97 Å². The molecule has 0 amide bonds. The van der Waals surface area contributed by atoms with E-state index in [1.807, 2.05) is 0 Å². The Morgan fingerprint density at radius 3 is 2.10 bits per heavy atom. The standard InChI is InChI=1S/C6H11FO3/c1-6(2,7)4(10-3)5(8)9/h4H,1-3H3,(H,8,9). The van der Waals surface area contributed by atoms with Crippen LogP contribution in [-0.4, -0.2) is 30.0 Å². The van der Waals surface area contributed by atoms with E-state index in [-0.39, 0.29) is 0 Å². The average molecular weight is 150 g/mol. The first-order chi connectivity index (χ1) is 4.39. The van der Waals surface area contributed by atoms with Crippen molar-refractivity contribution in [3.05, 3.63) is 0 Å². The lowest BCUT2D eigenvalue weighted by Gasteiger charge is -2.20. The van der Waals surface area contributed by atoms with Gasteiger partial charge in [0.25, 0.3) is 0 Å². The molecule has 0 aromatic rings. The summed E-state index contributed by atoms with van der Waals surface area (Å²) in [7, 11) is 1.17. The second kappa shape index (κ2) is 2.96. The lowest BCUT2D eigenvalue weighted by molar-refractivity contribution is -0.157. The molecule has 0 aliphatic rings. The van der Waals surface area contributed by atoms with E-state index in [1.165, 1.54) is 7.11 Å². The first-order valence-electron chi connectivity index (χ1n) is 2.84. The van der Waals surface area contributed by atoms with E-state index >= 15 is 0 Å². The molecule has 1 unspecified atom stereocenters. The van der Waals surface area contributed by atoms with Crippen LogP contribution in [0.1, 0.15) is 13.8 Å². The van der Waals surface area contributed by atoms with Crippen molar-refractivity contribution < 1.29 is 19.0 Å². The maximum atomic E-state index is 12.8. The number of ether oxygens (including phenoxy) is 1. The fourth-order valence-corrected chi connectivity index (χ4v) is 0.675. The summed E-state index contributed by atoms with van der Waals surface area (Å²) < 4.78 is 17.2. The van der Waals surface area contributed by atoms with E-state index in [4.69, 9.17) is 5.11 Å². The molecule has 3 nitrogen and oxygen atoms in total. The highest BCUT2D eigenvalue weighted by atomic mass is 19.1. The minimum atomic E-state index is -1.83. The Balaban J connectivity index is 4.22. The molecule has 0 aromatic carbocycles. The Morgan fingerprint density at radius 2 is 2.10 bits per heavy atom. The number of hydrogen-bond acceptors (Lipinski definition) is 2. The van der Waals surface area contributed by atoms with Crippen molar-refractivity contribution in [3.8, 4) is 0 Å². The van der Waals surface area contributed by atoms with Crippen LogP contribution < -0.4 is 0 Å². The summed E-state index contributed by atoms with van der Waals surface area (Å²) >= 11 is 0. The molecule has 0 radical (unpaired) electrons. The van der Waals surface area contributed by atoms with Crippen LogP contribution in [0.15, 0.2) is 0 Å². The molecule has 0 aliphatic heterocycles. The molecule has 10 heavy (non-hydrogen) atoms. The normalized spacial score (nSPS) is 14.8. The van der Waals surface area contributed by atoms with E-state index in [1.54, 1.807) is 0 Å². The minimum absolute atomic E-state index is 1.16. The van der Waals surface area contributed by atoms with Gasteiger partial charge in [0.05, 0.1) is 0 Å². The fraction of sp³-hybridized carbons (Fsp3) is 0.833. The van der Waals surface area contributed by atoms with Crippen LogP contribution in [0, 0.1) is 0 Å². The summed E-state index contributed by atoms with van der Waals surface area (Å²) in [5.41, 5.74) is -1.83. The summed E-state index contributed by atoms with van der Waals surface area (Å²) in [4.78, 5) is 10.2. The van der Waals surface area contributed by atoms with Gasteiger partial charge in [-0.15, -0.1) is 0 Å². The smallest absolute Gasteiger partial charge is 0.336 e. The number of hydrogen-bond donors (Lipinski definition) is 1. The van der Waals surface area contributed by atoms with Crippen LogP contribution in [0.25, 0.3) is 0 Å². The van der Waals surface area contributed by atoms with Crippen molar-refractivity contribution in [1.82, 2.24) is 0 Å². The third-order valence-corrected chi connectivity index (χ3v) is 1.08. The number of halogens is 1. The van der Waals surface area contributed by atoms with Crippen molar-refractivity contribution in [1.29, 1.82) is 0 Å². The van der Waals surface area contributed by atoms with Crippen LogP contribution in [0.5, 0.6) is 0 Å². The van der Waals surface area contributed by atoms with Crippen molar-refractivity contribution in [2.75, 3.05) is 7.11 Å². The van der Waals surface area contributed by atoms with E-state index in [0.717, 1.165) is 13.8 Å². The van der Waals surface area contributed by atoms with Gasteiger partial charge < -0.3 is 9.84 Å². The second-order valence-electron chi connectivity index (χ2n) is 2.52. The van der Waals surface area contributed by atoms with Gasteiger partial charge in [0.15, 0.2) is 6.10 Å². The van der Waals surface area contributed by atoms with E-state index in [2.05, 4.69) is 4.74 Å². The first-order valence-corrected chi connectivity index (χ1v) is 2.84. The number of carbonyl (C=O) groups is 1. The molecule has 1 N–H and O–H groups in total. The molecule has 0 aromatic heterocycles. The van der Waals surface area contributed by atoms with Gasteiger partial charge in [-0.05, 0) is 13.8 Å². The van der Waals surface area contributed by atoms with Crippen LogP contribution in [0.2, 0.25) is 0 Å². The Morgan fingerprint density at radius 1 is 1.70 bits per heavy atom. The van der Waals surface area contributed by atoms with Gasteiger partial charge in [0.2, 0.25) is 0 Å². The molecule has 0 heterocycles. The molecule has 0 saturated heterocycles. The molecule has 0 spiro atoms. The number of carboxylic acids is 1. The number of carboxylic acid groups (broad SMARTS) is 1. The highest BCUT2D eigenvalue weighted by molar-refractivity contribution is 5.73. The topological polar surface area (TPSA) is 46.5 Å². The zero-order chi connectivity index (χ0) is 8.36. The molecule has 1 atom stereocenters. The van der Waals surface area contributed by atoms with Crippen LogP contribution in [-0.2, 0) is 9.53 Å². The zero-order valence-corrected chi connectivity index (χ0v) is 6.22. The van der Waals surface area contributed by atoms with Crippen molar-refractivity contribution in [2.45, 2.75) is 25.6 Å². The maximum Gasteiger partial charge on any atom is 0.336 e. The summed E-state index contributed by atoms with van der Waals surface area (Å²) in [6.45, 7) is 2.32. The maximum absolute atomic E-state index is 12.8. The van der Waals surface area contributed by atoms with E-state index < -0.39 is 17.7 Å². The van der Waals surface area contributed by atoms with Crippen LogP contribution >= 0.6 is 0 Å². The Bertz CT molecular complexity index is 127. The van der Waals surface area contributed by atoms with Gasteiger partial charge in [0, 0.05) is 7.11 Å². The predicted octanol–water partition coefficient (Wildman–Crippen LogP) is 0.834. The number of alkyl halides is 1. The predicted molar refractivity (Wildman–Crippen MR) is 33.6 cm³/mol. The summed E-state index contributed by atoms with van der Waals surface area (Å²) in [6, 6.07) is 0. The Labute approximate surface area is 58.8 Å². The van der Waals surface area contributed by atoms with Crippen LogP contribution in [0.4, 0.5) is 4.39 Å². The van der Waals surface area contributed by atoms with Crippen LogP contribution in [0.3, 0.4) is 0 Å². The molecule has 0 aliphatic carbocycles. The Kier molecular flexibility index (Phi) is 2.77. The summed E-state index contributed by atoms with van der Waals surface area (Å²) in [5.74, 6) is -1.28. The molecule has 0 bridgehead atoms. The number of methoxy groups -OCH3 is 1.